The molecule has 2 unspecified atom stereocenters. The Balaban J connectivity index is 2.75. The van der Waals surface area contributed by atoms with Gasteiger partial charge in [-0.1, -0.05) is 13.8 Å². The summed E-state index contributed by atoms with van der Waals surface area (Å²) in [5.74, 6) is -1.38. The van der Waals surface area contributed by atoms with Crippen LogP contribution < -0.4 is 0 Å². The van der Waals surface area contributed by atoms with Crippen molar-refractivity contribution in [2.75, 3.05) is 0 Å². The number of aliphatic carboxylic acids is 1. The molecule has 0 heterocycles. The van der Waals surface area contributed by atoms with Gasteiger partial charge in [0.25, 0.3) is 0 Å². The van der Waals surface area contributed by atoms with E-state index in [1.54, 1.807) is 0 Å². The van der Waals surface area contributed by atoms with Gasteiger partial charge in [-0.25, -0.2) is 4.79 Å². The first-order valence-corrected chi connectivity index (χ1v) is 4.63. The van der Waals surface area contributed by atoms with Gasteiger partial charge >= 0.3 is 5.97 Å². The molecule has 0 aromatic carbocycles. The number of carboxylic acids is 1. The van der Waals surface area contributed by atoms with Crippen LogP contribution in [0.4, 0.5) is 4.39 Å². The molecular weight excluding hydrogens is 171 g/mol. The lowest BCUT2D eigenvalue weighted by Gasteiger charge is -2.27. The summed E-state index contributed by atoms with van der Waals surface area (Å²) in [4.78, 5) is 10.4. The third kappa shape index (κ3) is 2.29. The molecule has 0 bridgehead atoms. The molecule has 0 aromatic heterocycles. The van der Waals surface area contributed by atoms with E-state index in [4.69, 9.17) is 5.11 Å². The second-order valence-electron chi connectivity index (χ2n) is 3.92. The van der Waals surface area contributed by atoms with Crippen LogP contribution in [-0.4, -0.2) is 11.1 Å². The molecule has 2 atom stereocenters. The van der Waals surface area contributed by atoms with Crippen molar-refractivity contribution >= 4 is 5.97 Å². The molecular formula is C10H15FO2. The van der Waals surface area contributed by atoms with Crippen molar-refractivity contribution in [3.8, 4) is 0 Å². The van der Waals surface area contributed by atoms with Crippen LogP contribution in [-0.2, 0) is 4.79 Å². The third-order valence-corrected chi connectivity index (χ3v) is 2.94. The third-order valence-electron chi connectivity index (χ3n) is 2.94. The summed E-state index contributed by atoms with van der Waals surface area (Å²) in [7, 11) is 0. The molecule has 2 nitrogen and oxygen atoms in total. The monoisotopic (exact) mass is 186 g/mol. The molecule has 0 amide bonds. The van der Waals surface area contributed by atoms with Crippen molar-refractivity contribution in [3.05, 3.63) is 11.4 Å². The minimum Gasteiger partial charge on any atom is -0.476 e. The largest absolute Gasteiger partial charge is 0.476 e. The summed E-state index contributed by atoms with van der Waals surface area (Å²) in [5, 5.41) is 8.45. The Kier molecular flexibility index (Phi) is 3.07. The number of hydrogen-bond acceptors (Lipinski definition) is 1. The topological polar surface area (TPSA) is 37.3 Å². The highest BCUT2D eigenvalue weighted by atomic mass is 19.1. The standard InChI is InChI=1S/C10H15FO2/c1-6-3-4-8(5-7(6)2)9(11)10(12)13/h6-7H,3-5H2,1-2H3,(H,12,13)/b9-8-. The van der Waals surface area contributed by atoms with E-state index in [0.29, 0.717) is 30.3 Å². The average molecular weight is 186 g/mol. The van der Waals surface area contributed by atoms with Crippen LogP contribution >= 0.6 is 0 Å². The van der Waals surface area contributed by atoms with E-state index in [9.17, 15) is 9.18 Å². The van der Waals surface area contributed by atoms with Crippen molar-refractivity contribution < 1.29 is 14.3 Å². The molecule has 1 N–H and O–H groups in total. The van der Waals surface area contributed by atoms with E-state index in [1.165, 1.54) is 0 Å². The Morgan fingerprint density at radius 1 is 1.46 bits per heavy atom. The van der Waals surface area contributed by atoms with Crippen LogP contribution in [0, 0.1) is 11.8 Å². The summed E-state index contributed by atoms with van der Waals surface area (Å²) in [5.41, 5.74) is 0.484. The van der Waals surface area contributed by atoms with Crippen LogP contribution in [0.25, 0.3) is 0 Å². The minimum atomic E-state index is -1.42. The SMILES string of the molecule is CC1CC/C(=C(/F)C(=O)O)CC1C. The first-order valence-electron chi connectivity index (χ1n) is 4.63. The van der Waals surface area contributed by atoms with Gasteiger partial charge in [0, 0.05) is 0 Å². The zero-order chi connectivity index (χ0) is 10.0. The molecule has 1 rings (SSSR count). The Labute approximate surface area is 77.4 Å². The highest BCUT2D eigenvalue weighted by Gasteiger charge is 2.24. The summed E-state index contributed by atoms with van der Waals surface area (Å²) in [6.45, 7) is 4.17. The van der Waals surface area contributed by atoms with Gasteiger partial charge in [-0.3, -0.25) is 0 Å². The Morgan fingerprint density at radius 2 is 2.08 bits per heavy atom. The molecule has 3 heteroatoms. The Bertz CT molecular complexity index is 245. The van der Waals surface area contributed by atoms with Crippen LogP contribution in [0.1, 0.15) is 33.1 Å². The summed E-state index contributed by atoms with van der Waals surface area (Å²) in [6.07, 6.45) is 2.10. The fourth-order valence-corrected chi connectivity index (χ4v) is 1.73. The number of allylic oxidation sites excluding steroid dienone is 1. The fourth-order valence-electron chi connectivity index (χ4n) is 1.73. The van der Waals surface area contributed by atoms with E-state index in [2.05, 4.69) is 6.92 Å². The highest BCUT2D eigenvalue weighted by Crippen LogP contribution is 2.34. The zero-order valence-corrected chi connectivity index (χ0v) is 8.01. The van der Waals surface area contributed by atoms with Crippen LogP contribution in [0.5, 0.6) is 0 Å². The average Bonchev–Trinajstić information content (AvgIpc) is 2.08. The maximum absolute atomic E-state index is 13.0. The van der Waals surface area contributed by atoms with Crippen molar-refractivity contribution in [3.63, 3.8) is 0 Å². The molecule has 0 aromatic rings. The molecule has 1 aliphatic carbocycles. The van der Waals surface area contributed by atoms with Crippen LogP contribution in [0.15, 0.2) is 11.4 Å². The fraction of sp³-hybridized carbons (Fsp3) is 0.700. The summed E-state index contributed by atoms with van der Waals surface area (Å²) < 4.78 is 13.0. The normalized spacial score (nSPS) is 32.8. The molecule has 1 saturated carbocycles. The van der Waals surface area contributed by atoms with E-state index in [-0.39, 0.29) is 0 Å². The smallest absolute Gasteiger partial charge is 0.364 e. The second-order valence-corrected chi connectivity index (χ2v) is 3.92. The van der Waals surface area contributed by atoms with Gasteiger partial charge in [-0.05, 0) is 36.7 Å². The van der Waals surface area contributed by atoms with Crippen molar-refractivity contribution in [2.45, 2.75) is 33.1 Å². The van der Waals surface area contributed by atoms with Gasteiger partial charge < -0.3 is 5.11 Å². The molecule has 0 saturated heterocycles. The maximum atomic E-state index is 13.0. The van der Waals surface area contributed by atoms with E-state index in [1.807, 2.05) is 6.92 Å². The van der Waals surface area contributed by atoms with Crippen molar-refractivity contribution in [2.24, 2.45) is 11.8 Å². The molecule has 74 valence electrons. The van der Waals surface area contributed by atoms with E-state index < -0.39 is 11.8 Å². The van der Waals surface area contributed by atoms with E-state index in [0.717, 1.165) is 6.42 Å². The van der Waals surface area contributed by atoms with E-state index >= 15 is 0 Å². The quantitative estimate of drug-likeness (QED) is 0.639. The zero-order valence-electron chi connectivity index (χ0n) is 8.01. The van der Waals surface area contributed by atoms with Gasteiger partial charge in [0.05, 0.1) is 0 Å². The highest BCUT2D eigenvalue weighted by molar-refractivity contribution is 5.84. The van der Waals surface area contributed by atoms with Gasteiger partial charge in [0.1, 0.15) is 0 Å². The van der Waals surface area contributed by atoms with Crippen molar-refractivity contribution in [1.29, 1.82) is 0 Å². The van der Waals surface area contributed by atoms with Gasteiger partial charge in [-0.2, -0.15) is 4.39 Å². The number of rotatable bonds is 1. The molecule has 0 aliphatic heterocycles. The predicted molar refractivity (Wildman–Crippen MR) is 47.9 cm³/mol. The molecule has 0 radical (unpaired) electrons. The Morgan fingerprint density at radius 3 is 2.54 bits per heavy atom. The first-order chi connectivity index (χ1) is 6.02. The van der Waals surface area contributed by atoms with Crippen LogP contribution in [0.2, 0.25) is 0 Å². The maximum Gasteiger partial charge on any atom is 0.364 e. The van der Waals surface area contributed by atoms with Gasteiger partial charge in [0.15, 0.2) is 0 Å². The van der Waals surface area contributed by atoms with Gasteiger partial charge in [0.2, 0.25) is 5.83 Å². The number of carbonyl (C=O) groups is 1. The van der Waals surface area contributed by atoms with Gasteiger partial charge in [-0.15, -0.1) is 0 Å². The molecule has 0 spiro atoms. The Hall–Kier alpha value is -0.860. The lowest BCUT2D eigenvalue weighted by molar-refractivity contribution is -0.134. The second kappa shape index (κ2) is 3.90. The predicted octanol–water partition coefficient (Wildman–Crippen LogP) is 2.75. The molecule has 1 fully saturated rings. The number of halogens is 1. The number of carboxylic acid groups (broad SMARTS) is 1. The van der Waals surface area contributed by atoms with Crippen molar-refractivity contribution in [1.82, 2.24) is 0 Å². The van der Waals surface area contributed by atoms with Crippen LogP contribution in [0.3, 0.4) is 0 Å². The minimum absolute atomic E-state index is 0.397. The lowest BCUT2D eigenvalue weighted by Crippen LogP contribution is -2.17. The lowest BCUT2D eigenvalue weighted by atomic mass is 9.79. The first kappa shape index (κ1) is 10.2. The number of hydrogen-bond donors (Lipinski definition) is 1. The molecule has 1 aliphatic rings. The summed E-state index contributed by atoms with van der Waals surface area (Å²) in [6, 6.07) is 0. The summed E-state index contributed by atoms with van der Waals surface area (Å²) >= 11 is 0. The molecule has 13 heavy (non-hydrogen) atoms.